The number of hydrogen-bond donors (Lipinski definition) is 1. The van der Waals surface area contributed by atoms with Crippen LogP contribution in [0.4, 0.5) is 0 Å². The quantitative estimate of drug-likeness (QED) is 0.820. The Morgan fingerprint density at radius 1 is 1.43 bits per heavy atom. The number of nitrogens with zero attached hydrogens (tertiary/aromatic N) is 1. The molecule has 0 aliphatic carbocycles. The molecule has 1 aromatic heterocycles. The number of piperidine rings is 1. The minimum Gasteiger partial charge on any atom is -0.385 e. The van der Waals surface area contributed by atoms with E-state index in [-0.39, 0.29) is 22.9 Å². The summed E-state index contributed by atoms with van der Waals surface area (Å²) in [6.45, 7) is 6.28. The number of rotatable bonds is 6. The molecule has 0 bridgehead atoms. The number of H-pyrrole nitrogens is 1. The molecule has 0 aromatic carbocycles. The molecule has 1 amide bonds. The normalized spacial score (nSPS) is 18.4. The lowest BCUT2D eigenvalue weighted by atomic mass is 9.93. The zero-order valence-electron chi connectivity index (χ0n) is 14.4. The molecule has 0 spiro atoms. The maximum absolute atomic E-state index is 12.7. The topological polar surface area (TPSA) is 62.4 Å². The van der Waals surface area contributed by atoms with Crippen molar-refractivity contribution in [3.63, 3.8) is 0 Å². The van der Waals surface area contributed by atoms with Crippen molar-refractivity contribution in [1.29, 1.82) is 0 Å². The number of carbonyl (C=O) groups is 1. The van der Waals surface area contributed by atoms with E-state index in [9.17, 15) is 9.59 Å². The zero-order chi connectivity index (χ0) is 16.8. The number of aromatic amines is 1. The summed E-state index contributed by atoms with van der Waals surface area (Å²) in [5.41, 5.74) is 0.845. The van der Waals surface area contributed by atoms with E-state index in [2.05, 4.69) is 4.98 Å². The van der Waals surface area contributed by atoms with E-state index in [0.29, 0.717) is 5.92 Å². The molecule has 1 atom stereocenters. The van der Waals surface area contributed by atoms with Crippen LogP contribution in [-0.4, -0.2) is 42.6 Å². The van der Waals surface area contributed by atoms with Crippen LogP contribution in [0.2, 0.25) is 0 Å². The van der Waals surface area contributed by atoms with Gasteiger partial charge >= 0.3 is 0 Å². The van der Waals surface area contributed by atoms with Crippen LogP contribution in [0.15, 0.2) is 16.9 Å². The Morgan fingerprint density at radius 3 is 2.87 bits per heavy atom. The molecule has 23 heavy (non-hydrogen) atoms. The average Bonchev–Trinajstić information content (AvgIpc) is 2.54. The van der Waals surface area contributed by atoms with Gasteiger partial charge in [0.25, 0.3) is 11.5 Å². The monoisotopic (exact) mass is 320 g/mol. The summed E-state index contributed by atoms with van der Waals surface area (Å²) < 4.78 is 5.10. The van der Waals surface area contributed by atoms with Crippen molar-refractivity contribution in [1.82, 2.24) is 9.88 Å². The summed E-state index contributed by atoms with van der Waals surface area (Å²) in [7, 11) is 1.71. The van der Waals surface area contributed by atoms with Crippen molar-refractivity contribution in [2.45, 2.75) is 45.4 Å². The molecule has 2 rings (SSSR count). The smallest absolute Gasteiger partial charge is 0.261 e. The Bertz CT molecular complexity index is 580. The van der Waals surface area contributed by atoms with Gasteiger partial charge in [0.1, 0.15) is 5.56 Å². The first-order valence-corrected chi connectivity index (χ1v) is 8.54. The van der Waals surface area contributed by atoms with Gasteiger partial charge in [0.15, 0.2) is 0 Å². The summed E-state index contributed by atoms with van der Waals surface area (Å²) in [5.74, 6) is 0.613. The van der Waals surface area contributed by atoms with E-state index in [0.717, 1.165) is 51.1 Å². The summed E-state index contributed by atoms with van der Waals surface area (Å²) in [6, 6.07) is 3.52. The third-order valence-electron chi connectivity index (χ3n) is 4.55. The van der Waals surface area contributed by atoms with Crippen LogP contribution in [0.5, 0.6) is 0 Å². The summed E-state index contributed by atoms with van der Waals surface area (Å²) in [4.78, 5) is 29.5. The molecule has 128 valence electrons. The Hall–Kier alpha value is -1.62. The van der Waals surface area contributed by atoms with Crippen LogP contribution >= 0.6 is 0 Å². The highest BCUT2D eigenvalue weighted by atomic mass is 16.5. The second-order valence-corrected chi connectivity index (χ2v) is 6.71. The molecule has 5 nitrogen and oxygen atoms in total. The number of pyridine rings is 1. The Kier molecular flexibility index (Phi) is 6.39. The first-order chi connectivity index (χ1) is 11.0. The molecule has 0 saturated carbocycles. The van der Waals surface area contributed by atoms with Crippen LogP contribution in [-0.2, 0) is 4.74 Å². The van der Waals surface area contributed by atoms with Crippen LogP contribution in [0.3, 0.4) is 0 Å². The number of aromatic nitrogens is 1. The van der Waals surface area contributed by atoms with Crippen LogP contribution < -0.4 is 5.56 Å². The summed E-state index contributed by atoms with van der Waals surface area (Å²) in [6.07, 6.45) is 4.24. The Balaban J connectivity index is 2.03. The number of hydrogen-bond acceptors (Lipinski definition) is 3. The lowest BCUT2D eigenvalue weighted by Crippen LogP contribution is -2.42. The number of methoxy groups -OCH3 is 1. The van der Waals surface area contributed by atoms with Gasteiger partial charge in [-0.3, -0.25) is 9.59 Å². The van der Waals surface area contributed by atoms with Gasteiger partial charge in [-0.1, -0.05) is 13.8 Å². The number of nitrogens with one attached hydrogen (secondary N) is 1. The van der Waals surface area contributed by atoms with E-state index >= 15 is 0 Å². The van der Waals surface area contributed by atoms with Gasteiger partial charge in [-0.2, -0.15) is 0 Å². The van der Waals surface area contributed by atoms with Crippen molar-refractivity contribution in [2.75, 3.05) is 26.8 Å². The van der Waals surface area contributed by atoms with Gasteiger partial charge in [-0.05, 0) is 49.7 Å². The third-order valence-corrected chi connectivity index (χ3v) is 4.55. The van der Waals surface area contributed by atoms with Gasteiger partial charge in [0.05, 0.1) is 0 Å². The number of ether oxygens (including phenoxy) is 1. The fraction of sp³-hybridized carbons (Fsp3) is 0.667. The van der Waals surface area contributed by atoms with Crippen molar-refractivity contribution < 1.29 is 9.53 Å². The van der Waals surface area contributed by atoms with Crippen molar-refractivity contribution in [2.24, 2.45) is 5.92 Å². The largest absolute Gasteiger partial charge is 0.385 e. The Labute approximate surface area is 138 Å². The van der Waals surface area contributed by atoms with E-state index in [1.54, 1.807) is 13.2 Å². The van der Waals surface area contributed by atoms with E-state index in [1.807, 2.05) is 24.8 Å². The van der Waals surface area contributed by atoms with Gasteiger partial charge in [-0.15, -0.1) is 0 Å². The van der Waals surface area contributed by atoms with Crippen LogP contribution in [0.25, 0.3) is 0 Å². The fourth-order valence-electron chi connectivity index (χ4n) is 3.17. The molecule has 1 aliphatic rings. The van der Waals surface area contributed by atoms with Crippen LogP contribution in [0.1, 0.15) is 61.5 Å². The highest BCUT2D eigenvalue weighted by Gasteiger charge is 2.25. The molecule has 1 aromatic rings. The highest BCUT2D eigenvalue weighted by molar-refractivity contribution is 5.93. The minimum absolute atomic E-state index is 0.141. The lowest BCUT2D eigenvalue weighted by molar-refractivity contribution is 0.0658. The lowest BCUT2D eigenvalue weighted by Gasteiger charge is -2.32. The SMILES string of the molecule is COCCC[C@H]1CCCN(C(=O)c2ccc(C(C)C)[nH]c2=O)C1. The Morgan fingerprint density at radius 2 is 2.22 bits per heavy atom. The molecular weight excluding hydrogens is 292 g/mol. The minimum atomic E-state index is -0.275. The predicted octanol–water partition coefficient (Wildman–Crippen LogP) is 2.78. The molecule has 0 unspecified atom stereocenters. The third kappa shape index (κ3) is 4.67. The average molecular weight is 320 g/mol. The number of amides is 1. The van der Waals surface area contributed by atoms with E-state index in [4.69, 9.17) is 4.74 Å². The van der Waals surface area contributed by atoms with Crippen molar-refractivity contribution in [3.8, 4) is 0 Å². The maximum Gasteiger partial charge on any atom is 0.261 e. The number of likely N-dealkylation sites (tertiary alicyclic amines) is 1. The summed E-state index contributed by atoms with van der Waals surface area (Å²) >= 11 is 0. The van der Waals surface area contributed by atoms with Crippen molar-refractivity contribution in [3.05, 3.63) is 33.7 Å². The molecule has 1 N–H and O–H groups in total. The van der Waals surface area contributed by atoms with Gasteiger partial charge in [-0.25, -0.2) is 0 Å². The van der Waals surface area contributed by atoms with E-state index in [1.165, 1.54) is 0 Å². The van der Waals surface area contributed by atoms with Crippen molar-refractivity contribution >= 4 is 5.91 Å². The second kappa shape index (κ2) is 8.29. The van der Waals surface area contributed by atoms with Gasteiger partial charge in [0, 0.05) is 32.5 Å². The molecule has 2 heterocycles. The number of carbonyl (C=O) groups excluding carboxylic acids is 1. The molecule has 1 saturated heterocycles. The maximum atomic E-state index is 12.7. The molecule has 0 radical (unpaired) electrons. The zero-order valence-corrected chi connectivity index (χ0v) is 14.4. The van der Waals surface area contributed by atoms with E-state index < -0.39 is 0 Å². The van der Waals surface area contributed by atoms with Gasteiger partial charge in [0.2, 0.25) is 0 Å². The molecule has 1 fully saturated rings. The van der Waals surface area contributed by atoms with Gasteiger partial charge < -0.3 is 14.6 Å². The van der Waals surface area contributed by atoms with Crippen LogP contribution in [0, 0.1) is 5.92 Å². The molecule has 1 aliphatic heterocycles. The predicted molar refractivity (Wildman–Crippen MR) is 90.9 cm³/mol. The molecule has 5 heteroatoms. The standard InChI is InChI=1S/C18H28N2O3/c1-13(2)16-9-8-15(17(21)19-16)18(22)20-10-4-6-14(12-20)7-5-11-23-3/h8-9,13-14H,4-7,10-12H2,1-3H3,(H,19,21)/t14-/m1/s1. The first-order valence-electron chi connectivity index (χ1n) is 8.54. The summed E-state index contributed by atoms with van der Waals surface area (Å²) in [5, 5.41) is 0. The highest BCUT2D eigenvalue weighted by Crippen LogP contribution is 2.22. The first kappa shape index (κ1) is 17.7. The fourth-order valence-corrected chi connectivity index (χ4v) is 3.17. The molecular formula is C18H28N2O3. The second-order valence-electron chi connectivity index (χ2n) is 6.71.